The van der Waals surface area contributed by atoms with Gasteiger partial charge in [-0.1, -0.05) is 24.3 Å². The van der Waals surface area contributed by atoms with E-state index in [1.54, 1.807) is 36.5 Å². The first-order valence-corrected chi connectivity index (χ1v) is 7.77. The van der Waals surface area contributed by atoms with Gasteiger partial charge in [0.1, 0.15) is 5.75 Å². The minimum Gasteiger partial charge on any atom is -0.422 e. The van der Waals surface area contributed by atoms with E-state index in [0.717, 1.165) is 17.7 Å². The number of aromatic nitrogens is 1. The van der Waals surface area contributed by atoms with Crippen LogP contribution in [0.15, 0.2) is 66.9 Å². The minimum absolute atomic E-state index is 0.173. The van der Waals surface area contributed by atoms with E-state index in [1.807, 2.05) is 13.0 Å². The van der Waals surface area contributed by atoms with Gasteiger partial charge >= 0.3 is 12.1 Å². The van der Waals surface area contributed by atoms with Crippen LogP contribution in [0.5, 0.6) is 5.75 Å². The monoisotopic (exact) mass is 357 g/mol. The zero-order valence-electron chi connectivity index (χ0n) is 13.7. The molecule has 0 atom stereocenters. The molecule has 0 radical (unpaired) electrons. The Bertz CT molecular complexity index is 937. The van der Waals surface area contributed by atoms with Gasteiger partial charge in [-0.2, -0.15) is 13.2 Å². The third-order valence-corrected chi connectivity index (χ3v) is 3.78. The number of pyridine rings is 1. The van der Waals surface area contributed by atoms with Crippen LogP contribution in [-0.4, -0.2) is 11.0 Å². The highest BCUT2D eigenvalue weighted by Gasteiger charge is 2.31. The normalized spacial score (nSPS) is 11.2. The molecule has 132 valence electrons. The summed E-state index contributed by atoms with van der Waals surface area (Å²) in [5.41, 5.74) is 0.985. The molecule has 26 heavy (non-hydrogen) atoms. The van der Waals surface area contributed by atoms with Gasteiger partial charge in [0.2, 0.25) is 0 Å². The second-order valence-corrected chi connectivity index (χ2v) is 5.63. The van der Waals surface area contributed by atoms with E-state index < -0.39 is 17.7 Å². The number of aryl methyl sites for hydroxylation is 1. The average Bonchev–Trinajstić information content (AvgIpc) is 2.62. The molecule has 0 amide bonds. The van der Waals surface area contributed by atoms with Gasteiger partial charge in [-0.05, 0) is 48.9 Å². The fraction of sp³-hybridized carbons (Fsp3) is 0.100. The van der Waals surface area contributed by atoms with Crippen LogP contribution in [0.2, 0.25) is 0 Å². The maximum Gasteiger partial charge on any atom is 0.416 e. The summed E-state index contributed by atoms with van der Waals surface area (Å²) in [6, 6.07) is 14.6. The lowest BCUT2D eigenvalue weighted by Crippen LogP contribution is -2.12. The van der Waals surface area contributed by atoms with E-state index in [9.17, 15) is 18.0 Å². The number of hydrogen-bond donors (Lipinski definition) is 0. The fourth-order valence-electron chi connectivity index (χ4n) is 2.55. The number of halogens is 3. The number of ether oxygens (including phenoxy) is 1. The maximum absolute atomic E-state index is 12.8. The Kier molecular flexibility index (Phi) is 4.75. The zero-order chi connectivity index (χ0) is 18.7. The molecule has 6 heteroatoms. The van der Waals surface area contributed by atoms with Gasteiger partial charge in [0, 0.05) is 11.8 Å². The van der Waals surface area contributed by atoms with Crippen molar-refractivity contribution in [1.82, 2.24) is 4.98 Å². The Hall–Kier alpha value is -3.15. The summed E-state index contributed by atoms with van der Waals surface area (Å²) in [4.78, 5) is 16.6. The molecule has 3 rings (SSSR count). The Morgan fingerprint density at radius 2 is 1.77 bits per heavy atom. The molecule has 0 bridgehead atoms. The SMILES string of the molecule is Cc1cccc(OC(=O)c2cccc(C(F)(F)F)c2)c1-c1ccccn1. The van der Waals surface area contributed by atoms with Crippen molar-refractivity contribution >= 4 is 5.97 Å². The lowest BCUT2D eigenvalue weighted by Gasteiger charge is -2.13. The van der Waals surface area contributed by atoms with Crippen LogP contribution in [0.25, 0.3) is 11.3 Å². The predicted molar refractivity (Wildman–Crippen MR) is 90.8 cm³/mol. The molecular weight excluding hydrogens is 343 g/mol. The lowest BCUT2D eigenvalue weighted by atomic mass is 10.0. The van der Waals surface area contributed by atoms with Gasteiger partial charge in [0.25, 0.3) is 0 Å². The number of carbonyl (C=O) groups excluding carboxylic acids is 1. The molecule has 0 fully saturated rings. The van der Waals surface area contributed by atoms with Crippen molar-refractivity contribution < 1.29 is 22.7 Å². The summed E-state index contributed by atoms with van der Waals surface area (Å²) in [6.07, 6.45) is -2.92. The number of rotatable bonds is 3. The first-order chi connectivity index (χ1) is 12.4. The first kappa shape index (κ1) is 17.7. The summed E-state index contributed by atoms with van der Waals surface area (Å²) in [5, 5.41) is 0. The summed E-state index contributed by atoms with van der Waals surface area (Å²) < 4.78 is 43.9. The molecule has 1 heterocycles. The molecule has 3 aromatic rings. The van der Waals surface area contributed by atoms with Crippen molar-refractivity contribution in [3.05, 3.63) is 83.6 Å². The summed E-state index contributed by atoms with van der Waals surface area (Å²) >= 11 is 0. The Labute approximate surface area is 148 Å². The van der Waals surface area contributed by atoms with Crippen molar-refractivity contribution in [2.24, 2.45) is 0 Å². The first-order valence-electron chi connectivity index (χ1n) is 7.77. The molecule has 2 aromatic carbocycles. The topological polar surface area (TPSA) is 39.2 Å². The van der Waals surface area contributed by atoms with Crippen LogP contribution in [-0.2, 0) is 6.18 Å². The van der Waals surface area contributed by atoms with Crippen LogP contribution in [0.3, 0.4) is 0 Å². The Balaban J connectivity index is 1.95. The largest absolute Gasteiger partial charge is 0.422 e. The van der Waals surface area contributed by atoms with E-state index in [1.165, 1.54) is 12.1 Å². The molecule has 0 saturated heterocycles. The van der Waals surface area contributed by atoms with Crippen LogP contribution < -0.4 is 4.74 Å². The highest BCUT2D eigenvalue weighted by molar-refractivity contribution is 5.92. The number of carbonyl (C=O) groups is 1. The molecule has 0 saturated carbocycles. The summed E-state index contributed by atoms with van der Waals surface area (Å²) in [5.74, 6) is -0.620. The van der Waals surface area contributed by atoms with Crippen LogP contribution in [0.1, 0.15) is 21.5 Å². The van der Waals surface area contributed by atoms with Crippen LogP contribution >= 0.6 is 0 Å². The van der Waals surface area contributed by atoms with Gasteiger partial charge in [0.15, 0.2) is 0 Å². The van der Waals surface area contributed by atoms with Gasteiger partial charge in [0.05, 0.1) is 16.8 Å². The highest BCUT2D eigenvalue weighted by atomic mass is 19.4. The molecule has 0 N–H and O–H groups in total. The Morgan fingerprint density at radius 1 is 1.00 bits per heavy atom. The van der Waals surface area contributed by atoms with Crippen LogP contribution in [0.4, 0.5) is 13.2 Å². The van der Waals surface area contributed by atoms with Crippen molar-refractivity contribution in [2.45, 2.75) is 13.1 Å². The highest BCUT2D eigenvalue weighted by Crippen LogP contribution is 2.33. The number of alkyl halides is 3. The molecule has 0 aliphatic rings. The third-order valence-electron chi connectivity index (χ3n) is 3.78. The molecule has 0 aliphatic carbocycles. The molecule has 0 aliphatic heterocycles. The second-order valence-electron chi connectivity index (χ2n) is 5.63. The van der Waals surface area contributed by atoms with E-state index >= 15 is 0 Å². The number of esters is 1. The van der Waals surface area contributed by atoms with E-state index in [4.69, 9.17) is 4.74 Å². The number of benzene rings is 2. The van der Waals surface area contributed by atoms with Gasteiger partial charge in [-0.3, -0.25) is 4.98 Å². The van der Waals surface area contributed by atoms with Gasteiger partial charge in [-0.25, -0.2) is 4.79 Å². The zero-order valence-corrected chi connectivity index (χ0v) is 13.7. The third kappa shape index (κ3) is 3.74. The second kappa shape index (κ2) is 7.00. The smallest absolute Gasteiger partial charge is 0.416 e. The standard InChI is InChI=1S/C20H14F3NO2/c1-13-6-4-10-17(18(13)16-9-2-3-11-24-16)26-19(25)14-7-5-8-15(12-14)20(21,22)23/h2-12H,1H3. The van der Waals surface area contributed by atoms with E-state index in [0.29, 0.717) is 11.3 Å². The van der Waals surface area contributed by atoms with Crippen molar-refractivity contribution in [3.63, 3.8) is 0 Å². The molecule has 1 aromatic heterocycles. The molecule has 3 nitrogen and oxygen atoms in total. The quantitative estimate of drug-likeness (QED) is 0.472. The van der Waals surface area contributed by atoms with Gasteiger partial charge in [-0.15, -0.1) is 0 Å². The maximum atomic E-state index is 12.8. The van der Waals surface area contributed by atoms with E-state index in [2.05, 4.69) is 4.98 Å². The van der Waals surface area contributed by atoms with Crippen LogP contribution in [0, 0.1) is 6.92 Å². The van der Waals surface area contributed by atoms with Crippen molar-refractivity contribution in [1.29, 1.82) is 0 Å². The fourth-order valence-corrected chi connectivity index (χ4v) is 2.55. The minimum atomic E-state index is -4.53. The number of nitrogens with zero attached hydrogens (tertiary/aromatic N) is 1. The lowest BCUT2D eigenvalue weighted by molar-refractivity contribution is -0.137. The molecule has 0 unspecified atom stereocenters. The van der Waals surface area contributed by atoms with Crippen molar-refractivity contribution in [3.8, 4) is 17.0 Å². The Morgan fingerprint density at radius 3 is 2.46 bits per heavy atom. The summed E-state index contributed by atoms with van der Waals surface area (Å²) in [6.45, 7) is 1.84. The average molecular weight is 357 g/mol. The van der Waals surface area contributed by atoms with Crippen molar-refractivity contribution in [2.75, 3.05) is 0 Å². The van der Waals surface area contributed by atoms with Gasteiger partial charge < -0.3 is 4.74 Å². The number of hydrogen-bond acceptors (Lipinski definition) is 3. The van der Waals surface area contributed by atoms with E-state index in [-0.39, 0.29) is 11.3 Å². The molecule has 0 spiro atoms. The summed E-state index contributed by atoms with van der Waals surface area (Å²) in [7, 11) is 0. The molecular formula is C20H14F3NO2. The predicted octanol–water partition coefficient (Wildman–Crippen LogP) is 5.30.